The van der Waals surface area contributed by atoms with Crippen LogP contribution in [0.3, 0.4) is 0 Å². The van der Waals surface area contributed by atoms with Crippen molar-refractivity contribution in [2.75, 3.05) is 24.6 Å². The van der Waals surface area contributed by atoms with Crippen LogP contribution >= 0.6 is 0 Å². The summed E-state index contributed by atoms with van der Waals surface area (Å²) < 4.78 is 24.8. The Balaban J connectivity index is 1.74. The number of esters is 1. The van der Waals surface area contributed by atoms with Crippen LogP contribution < -0.4 is 10.2 Å². The Morgan fingerprint density at radius 2 is 1.97 bits per heavy atom. The molecule has 7 nitrogen and oxygen atoms in total. The smallest absolute Gasteiger partial charge is 0.414 e. The van der Waals surface area contributed by atoms with Crippen LogP contribution in [0, 0.1) is 5.82 Å². The third-order valence-electron chi connectivity index (χ3n) is 4.42. The summed E-state index contributed by atoms with van der Waals surface area (Å²) >= 11 is 0. The molecule has 1 saturated heterocycles. The van der Waals surface area contributed by atoms with Gasteiger partial charge in [-0.05, 0) is 42.8 Å². The maximum Gasteiger partial charge on any atom is 0.414 e. The number of anilines is 1. The summed E-state index contributed by atoms with van der Waals surface area (Å²) in [4.78, 5) is 36.1. The van der Waals surface area contributed by atoms with E-state index in [1.807, 2.05) is 0 Å². The third kappa shape index (κ3) is 4.71. The molecule has 8 heteroatoms. The van der Waals surface area contributed by atoms with Crippen LogP contribution in [0.2, 0.25) is 0 Å². The van der Waals surface area contributed by atoms with Crippen molar-refractivity contribution in [1.82, 2.24) is 5.32 Å². The first-order valence-corrected chi connectivity index (χ1v) is 9.18. The molecule has 0 spiro atoms. The first-order valence-electron chi connectivity index (χ1n) is 9.18. The lowest BCUT2D eigenvalue weighted by atomic mass is 10.0. The van der Waals surface area contributed by atoms with Gasteiger partial charge in [0.1, 0.15) is 11.9 Å². The van der Waals surface area contributed by atoms with Gasteiger partial charge in [0.15, 0.2) is 0 Å². The van der Waals surface area contributed by atoms with E-state index in [0.717, 1.165) is 0 Å². The van der Waals surface area contributed by atoms with Crippen molar-refractivity contribution < 1.29 is 28.2 Å². The van der Waals surface area contributed by atoms with Crippen molar-refractivity contribution >= 4 is 23.7 Å². The summed E-state index contributed by atoms with van der Waals surface area (Å²) in [7, 11) is 0. The Morgan fingerprint density at radius 1 is 1.24 bits per heavy atom. The molecule has 152 valence electrons. The molecule has 3 rings (SSSR count). The number of carbonyl (C=O) groups is 3. The van der Waals surface area contributed by atoms with Crippen molar-refractivity contribution in [3.05, 3.63) is 53.8 Å². The molecule has 29 heavy (non-hydrogen) atoms. The van der Waals surface area contributed by atoms with Gasteiger partial charge >= 0.3 is 12.1 Å². The number of nitrogens with zero attached hydrogens (tertiary/aromatic N) is 1. The fourth-order valence-electron chi connectivity index (χ4n) is 3.00. The maximum absolute atomic E-state index is 14.7. The third-order valence-corrected chi connectivity index (χ3v) is 4.42. The number of halogens is 1. The van der Waals surface area contributed by atoms with Gasteiger partial charge in [-0.2, -0.15) is 0 Å². The van der Waals surface area contributed by atoms with Crippen LogP contribution in [0.4, 0.5) is 14.9 Å². The van der Waals surface area contributed by atoms with Crippen LogP contribution in [0.25, 0.3) is 11.1 Å². The number of nitrogens with one attached hydrogen (secondary N) is 1. The van der Waals surface area contributed by atoms with Crippen LogP contribution in [0.1, 0.15) is 24.2 Å². The van der Waals surface area contributed by atoms with Crippen molar-refractivity contribution in [2.45, 2.75) is 20.0 Å². The molecule has 0 unspecified atom stereocenters. The van der Waals surface area contributed by atoms with Gasteiger partial charge in [0.25, 0.3) is 0 Å². The van der Waals surface area contributed by atoms with Gasteiger partial charge < -0.3 is 14.8 Å². The molecule has 1 atom stereocenters. The molecular weight excluding hydrogens is 379 g/mol. The quantitative estimate of drug-likeness (QED) is 0.753. The highest BCUT2D eigenvalue weighted by Gasteiger charge is 2.32. The van der Waals surface area contributed by atoms with E-state index in [1.165, 1.54) is 17.9 Å². The first-order chi connectivity index (χ1) is 13.9. The summed E-state index contributed by atoms with van der Waals surface area (Å²) in [6.45, 7) is 3.79. The minimum atomic E-state index is -0.591. The summed E-state index contributed by atoms with van der Waals surface area (Å²) in [6.07, 6.45) is -1.09. The lowest BCUT2D eigenvalue weighted by Gasteiger charge is -2.14. The Hall–Kier alpha value is -3.42. The van der Waals surface area contributed by atoms with Crippen LogP contribution in [0.15, 0.2) is 42.5 Å². The molecule has 0 aliphatic carbocycles. The van der Waals surface area contributed by atoms with Gasteiger partial charge in [-0.25, -0.2) is 14.0 Å². The van der Waals surface area contributed by atoms with E-state index in [-0.39, 0.29) is 25.6 Å². The minimum Gasteiger partial charge on any atom is -0.462 e. The molecule has 2 aromatic carbocycles. The Bertz CT molecular complexity index is 929. The number of hydrogen-bond acceptors (Lipinski definition) is 5. The van der Waals surface area contributed by atoms with Gasteiger partial charge in [0, 0.05) is 12.5 Å². The predicted molar refractivity (Wildman–Crippen MR) is 104 cm³/mol. The standard InChI is InChI=1S/C21H21FN2O5/c1-3-28-20(26)15-6-4-14(5-7-15)18-9-8-16(10-19(18)22)24-12-17(29-21(24)27)11-23-13(2)25/h4-10,17H,3,11-12H2,1-2H3,(H,23,25)/t17-/m0/s1. The number of benzene rings is 2. The average molecular weight is 400 g/mol. The van der Waals surface area contributed by atoms with E-state index in [1.54, 1.807) is 43.3 Å². The maximum atomic E-state index is 14.7. The normalized spacial score (nSPS) is 15.8. The lowest BCUT2D eigenvalue weighted by Crippen LogP contribution is -2.33. The molecule has 1 N–H and O–H groups in total. The Labute approximate surface area is 167 Å². The van der Waals surface area contributed by atoms with E-state index in [9.17, 15) is 18.8 Å². The van der Waals surface area contributed by atoms with E-state index < -0.39 is 24.0 Å². The summed E-state index contributed by atoms with van der Waals surface area (Å²) in [6, 6.07) is 10.9. The number of cyclic esters (lactones) is 1. The number of rotatable bonds is 6. The molecule has 2 aromatic rings. The number of amides is 2. The molecule has 0 bridgehead atoms. The van der Waals surface area contributed by atoms with E-state index in [4.69, 9.17) is 9.47 Å². The monoisotopic (exact) mass is 400 g/mol. The van der Waals surface area contributed by atoms with Crippen molar-refractivity contribution in [3.63, 3.8) is 0 Å². The molecular formula is C21H21FN2O5. The van der Waals surface area contributed by atoms with Gasteiger partial charge in [0.2, 0.25) is 5.91 Å². The zero-order chi connectivity index (χ0) is 21.0. The molecule has 0 radical (unpaired) electrons. The zero-order valence-electron chi connectivity index (χ0n) is 16.1. The van der Waals surface area contributed by atoms with Crippen LogP contribution in [-0.4, -0.2) is 43.8 Å². The van der Waals surface area contributed by atoms with E-state index >= 15 is 0 Å². The SMILES string of the molecule is CCOC(=O)c1ccc(-c2ccc(N3C[C@H](CNC(C)=O)OC3=O)cc2F)cc1. The Kier molecular flexibility index (Phi) is 6.11. The second kappa shape index (κ2) is 8.72. The molecule has 1 fully saturated rings. The highest BCUT2D eigenvalue weighted by atomic mass is 19.1. The van der Waals surface area contributed by atoms with Gasteiger partial charge in [-0.1, -0.05) is 12.1 Å². The molecule has 0 saturated carbocycles. The summed E-state index contributed by atoms with van der Waals surface area (Å²) in [5, 5.41) is 2.59. The van der Waals surface area contributed by atoms with Gasteiger partial charge in [0.05, 0.1) is 30.9 Å². The zero-order valence-corrected chi connectivity index (χ0v) is 16.1. The second-order valence-corrected chi connectivity index (χ2v) is 6.52. The van der Waals surface area contributed by atoms with Crippen molar-refractivity contribution in [1.29, 1.82) is 0 Å². The van der Waals surface area contributed by atoms with E-state index in [2.05, 4.69) is 5.32 Å². The molecule has 2 amide bonds. The van der Waals surface area contributed by atoms with Crippen LogP contribution in [0.5, 0.6) is 0 Å². The van der Waals surface area contributed by atoms with E-state index in [0.29, 0.717) is 22.4 Å². The number of hydrogen-bond donors (Lipinski definition) is 1. The van der Waals surface area contributed by atoms with Crippen molar-refractivity contribution in [3.8, 4) is 11.1 Å². The minimum absolute atomic E-state index is 0.199. The van der Waals surface area contributed by atoms with Gasteiger partial charge in [-0.3, -0.25) is 9.69 Å². The molecule has 1 aliphatic rings. The largest absolute Gasteiger partial charge is 0.462 e. The fourth-order valence-corrected chi connectivity index (χ4v) is 3.00. The Morgan fingerprint density at radius 3 is 2.59 bits per heavy atom. The molecule has 1 heterocycles. The summed E-state index contributed by atoms with van der Waals surface area (Å²) in [5.41, 5.74) is 1.68. The van der Waals surface area contributed by atoms with Gasteiger partial charge in [-0.15, -0.1) is 0 Å². The lowest BCUT2D eigenvalue weighted by molar-refractivity contribution is -0.119. The number of ether oxygens (including phenoxy) is 2. The van der Waals surface area contributed by atoms with Crippen molar-refractivity contribution in [2.24, 2.45) is 0 Å². The number of carbonyl (C=O) groups excluding carboxylic acids is 3. The topological polar surface area (TPSA) is 84.9 Å². The average Bonchev–Trinajstić information content (AvgIpc) is 3.07. The predicted octanol–water partition coefficient (Wildman–Crippen LogP) is 3.13. The van der Waals surface area contributed by atoms with Crippen LogP contribution in [-0.2, 0) is 14.3 Å². The fraction of sp³-hybridized carbons (Fsp3) is 0.286. The molecule has 0 aromatic heterocycles. The highest BCUT2D eigenvalue weighted by Crippen LogP contribution is 2.29. The highest BCUT2D eigenvalue weighted by molar-refractivity contribution is 5.91. The molecule has 1 aliphatic heterocycles. The second-order valence-electron chi connectivity index (χ2n) is 6.52. The summed E-state index contributed by atoms with van der Waals surface area (Å²) in [5.74, 6) is -1.16. The first kappa shape index (κ1) is 20.3.